The van der Waals surface area contributed by atoms with Crippen LogP contribution in [0.3, 0.4) is 0 Å². The first-order valence-corrected chi connectivity index (χ1v) is 11.5. The quantitative estimate of drug-likeness (QED) is 0.493. The van der Waals surface area contributed by atoms with Crippen LogP contribution in [0.25, 0.3) is 0 Å². The van der Waals surface area contributed by atoms with Gasteiger partial charge in [-0.25, -0.2) is 13.1 Å². The zero-order chi connectivity index (χ0) is 19.0. The van der Waals surface area contributed by atoms with Crippen LogP contribution in [0, 0.1) is 0 Å². The molecule has 1 unspecified atom stereocenters. The van der Waals surface area contributed by atoms with Crippen molar-refractivity contribution in [2.45, 2.75) is 31.9 Å². The van der Waals surface area contributed by atoms with Gasteiger partial charge in [-0.05, 0) is 31.4 Å². The number of aliphatic imine (C=N–C) groups is 1. The van der Waals surface area contributed by atoms with Crippen LogP contribution < -0.4 is 10.0 Å². The summed E-state index contributed by atoms with van der Waals surface area (Å²) in [5.74, 6) is 0.623. The van der Waals surface area contributed by atoms with Crippen LogP contribution in [-0.4, -0.2) is 64.9 Å². The van der Waals surface area contributed by atoms with Gasteiger partial charge in [-0.2, -0.15) is 0 Å². The summed E-state index contributed by atoms with van der Waals surface area (Å²) in [5, 5.41) is 3.09. The smallest absolute Gasteiger partial charge is 0.213 e. The van der Waals surface area contributed by atoms with Gasteiger partial charge in [-0.3, -0.25) is 4.99 Å². The number of rotatable bonds is 8. The maximum absolute atomic E-state index is 12.1. The van der Waals surface area contributed by atoms with Crippen LogP contribution >= 0.6 is 22.9 Å². The molecule has 0 aromatic carbocycles. The molecule has 7 nitrogen and oxygen atoms in total. The minimum absolute atomic E-state index is 0.0111. The molecule has 0 amide bonds. The van der Waals surface area contributed by atoms with Gasteiger partial charge in [0.05, 0.1) is 22.7 Å². The first-order chi connectivity index (χ1) is 12.4. The molecule has 1 aliphatic rings. The molecule has 1 aromatic rings. The van der Waals surface area contributed by atoms with Gasteiger partial charge in [0.25, 0.3) is 0 Å². The molecule has 1 fully saturated rings. The van der Waals surface area contributed by atoms with Crippen molar-refractivity contribution in [2.24, 2.45) is 4.99 Å². The fourth-order valence-electron chi connectivity index (χ4n) is 2.69. The predicted octanol–water partition coefficient (Wildman–Crippen LogP) is 1.90. The number of guanidine groups is 1. The fourth-order valence-corrected chi connectivity index (χ4v) is 4.78. The van der Waals surface area contributed by atoms with Gasteiger partial charge in [-0.1, -0.05) is 11.6 Å². The molecule has 10 heteroatoms. The maximum atomic E-state index is 12.1. The van der Waals surface area contributed by atoms with E-state index in [9.17, 15) is 8.42 Å². The zero-order valence-corrected chi connectivity index (χ0v) is 17.6. The van der Waals surface area contributed by atoms with E-state index in [-0.39, 0.29) is 18.4 Å². The Bertz CT molecular complexity index is 687. The molecule has 26 heavy (non-hydrogen) atoms. The predicted molar refractivity (Wildman–Crippen MR) is 108 cm³/mol. The standard InChI is InChI=1S/C16H27ClN4O3S2/c1-18-16(21(2)12-14-6-7-15(17)25-14)19-8-10-26(22,23)20-11-13-5-3-4-9-24-13/h6-7,13,20H,3-5,8-12H2,1-2H3,(H,18,19). The van der Waals surface area contributed by atoms with Crippen LogP contribution in [-0.2, 0) is 21.3 Å². The molecule has 0 spiro atoms. The van der Waals surface area contributed by atoms with Crippen molar-refractivity contribution in [3.8, 4) is 0 Å². The van der Waals surface area contributed by atoms with Gasteiger partial charge in [0.2, 0.25) is 10.0 Å². The van der Waals surface area contributed by atoms with E-state index in [2.05, 4.69) is 15.0 Å². The highest BCUT2D eigenvalue weighted by Crippen LogP contribution is 2.22. The highest BCUT2D eigenvalue weighted by molar-refractivity contribution is 7.89. The van der Waals surface area contributed by atoms with E-state index in [0.717, 1.165) is 28.5 Å². The number of nitrogens with zero attached hydrogens (tertiary/aromatic N) is 2. The van der Waals surface area contributed by atoms with E-state index >= 15 is 0 Å². The lowest BCUT2D eigenvalue weighted by atomic mass is 10.1. The normalized spacial score (nSPS) is 18.7. The molecular formula is C16H27ClN4O3S2. The summed E-state index contributed by atoms with van der Waals surface area (Å²) in [6.07, 6.45) is 3.04. The number of nitrogens with one attached hydrogen (secondary N) is 2. The molecule has 0 bridgehead atoms. The summed E-state index contributed by atoms with van der Waals surface area (Å²) >= 11 is 7.46. The van der Waals surface area contributed by atoms with Gasteiger partial charge >= 0.3 is 0 Å². The second-order valence-electron chi connectivity index (χ2n) is 6.19. The average molecular weight is 423 g/mol. The molecular weight excluding hydrogens is 396 g/mol. The molecule has 0 saturated carbocycles. The Morgan fingerprint density at radius 1 is 1.46 bits per heavy atom. The highest BCUT2D eigenvalue weighted by Gasteiger charge is 2.18. The van der Waals surface area contributed by atoms with Crippen molar-refractivity contribution in [3.63, 3.8) is 0 Å². The molecule has 1 aromatic heterocycles. The topological polar surface area (TPSA) is 83.0 Å². The zero-order valence-electron chi connectivity index (χ0n) is 15.2. The largest absolute Gasteiger partial charge is 0.377 e. The van der Waals surface area contributed by atoms with E-state index in [1.165, 1.54) is 11.3 Å². The average Bonchev–Trinajstić information content (AvgIpc) is 3.02. The van der Waals surface area contributed by atoms with E-state index < -0.39 is 10.0 Å². The molecule has 0 aliphatic carbocycles. The second-order valence-corrected chi connectivity index (χ2v) is 9.92. The van der Waals surface area contributed by atoms with Crippen LogP contribution in [0.5, 0.6) is 0 Å². The van der Waals surface area contributed by atoms with Gasteiger partial charge in [0.15, 0.2) is 5.96 Å². The highest BCUT2D eigenvalue weighted by atomic mass is 35.5. The maximum Gasteiger partial charge on any atom is 0.213 e. The first kappa shape index (κ1) is 21.4. The number of sulfonamides is 1. The number of thiophene rings is 1. The second kappa shape index (κ2) is 10.5. The molecule has 1 atom stereocenters. The molecule has 148 valence electrons. The Morgan fingerprint density at radius 3 is 2.88 bits per heavy atom. The number of halogens is 1. The van der Waals surface area contributed by atoms with Crippen LogP contribution in [0.4, 0.5) is 0 Å². The van der Waals surface area contributed by atoms with Crippen molar-refractivity contribution in [2.75, 3.05) is 39.5 Å². The molecule has 1 aliphatic heterocycles. The van der Waals surface area contributed by atoms with E-state index in [1.807, 2.05) is 24.1 Å². The Morgan fingerprint density at radius 2 is 2.27 bits per heavy atom. The molecule has 1 saturated heterocycles. The summed E-state index contributed by atoms with van der Waals surface area (Å²) in [7, 11) is 0.225. The number of hydrogen-bond donors (Lipinski definition) is 2. The van der Waals surface area contributed by atoms with Crippen molar-refractivity contribution >= 4 is 38.9 Å². The van der Waals surface area contributed by atoms with Gasteiger partial charge in [-0.15, -0.1) is 11.3 Å². The van der Waals surface area contributed by atoms with Crippen molar-refractivity contribution in [1.29, 1.82) is 0 Å². The molecule has 2 N–H and O–H groups in total. The van der Waals surface area contributed by atoms with E-state index in [0.29, 0.717) is 25.7 Å². The summed E-state index contributed by atoms with van der Waals surface area (Å²) in [6, 6.07) is 3.83. The van der Waals surface area contributed by atoms with Crippen molar-refractivity contribution in [1.82, 2.24) is 14.9 Å². The molecule has 2 heterocycles. The summed E-state index contributed by atoms with van der Waals surface area (Å²) in [6.45, 7) is 1.99. The number of hydrogen-bond acceptors (Lipinski definition) is 5. The van der Waals surface area contributed by atoms with Crippen LogP contribution in [0.1, 0.15) is 24.1 Å². The third kappa shape index (κ3) is 7.40. The van der Waals surface area contributed by atoms with Gasteiger partial charge < -0.3 is 15.0 Å². The first-order valence-electron chi connectivity index (χ1n) is 8.64. The SMILES string of the molecule is CN=C(NCCS(=O)(=O)NCC1CCCCO1)N(C)Cc1ccc(Cl)s1. The van der Waals surface area contributed by atoms with Gasteiger partial charge in [0.1, 0.15) is 0 Å². The third-order valence-electron chi connectivity index (χ3n) is 4.05. The fraction of sp³-hybridized carbons (Fsp3) is 0.688. The minimum Gasteiger partial charge on any atom is -0.377 e. The Kier molecular flexibility index (Phi) is 8.62. The lowest BCUT2D eigenvalue weighted by molar-refractivity contribution is 0.0200. The number of ether oxygens (including phenoxy) is 1. The van der Waals surface area contributed by atoms with Crippen LogP contribution in [0.15, 0.2) is 17.1 Å². The molecule has 2 rings (SSSR count). The van der Waals surface area contributed by atoms with E-state index in [4.69, 9.17) is 16.3 Å². The van der Waals surface area contributed by atoms with Gasteiger partial charge in [0, 0.05) is 38.7 Å². The van der Waals surface area contributed by atoms with Crippen LogP contribution in [0.2, 0.25) is 4.34 Å². The van der Waals surface area contributed by atoms with Crippen molar-refractivity contribution in [3.05, 3.63) is 21.3 Å². The Hall–Kier alpha value is -0.870. The minimum atomic E-state index is -3.35. The lowest BCUT2D eigenvalue weighted by Gasteiger charge is -2.23. The third-order valence-corrected chi connectivity index (χ3v) is 6.62. The Labute approximate surface area is 164 Å². The van der Waals surface area contributed by atoms with Crippen molar-refractivity contribution < 1.29 is 13.2 Å². The summed E-state index contributed by atoms with van der Waals surface area (Å²) < 4.78 is 33.2. The van der Waals surface area contributed by atoms with E-state index in [1.54, 1.807) is 7.05 Å². The monoisotopic (exact) mass is 422 g/mol. The Balaban J connectivity index is 1.73. The summed E-state index contributed by atoms with van der Waals surface area (Å²) in [5.41, 5.74) is 0. The molecule has 0 radical (unpaired) electrons. The lowest BCUT2D eigenvalue weighted by Crippen LogP contribution is -2.43. The summed E-state index contributed by atoms with van der Waals surface area (Å²) in [4.78, 5) is 7.24.